The molecular weight excluding hydrogens is 232 g/mol. The van der Waals surface area contributed by atoms with Gasteiger partial charge in [0.05, 0.1) is 32.2 Å². The molecular formula is C13H20N2O3. The molecule has 0 aliphatic carbocycles. The normalized spacial score (nSPS) is 11.7. The zero-order valence-electron chi connectivity index (χ0n) is 11.3. The highest BCUT2D eigenvalue weighted by atomic mass is 16.5. The van der Waals surface area contributed by atoms with Gasteiger partial charge in [0, 0.05) is 5.57 Å². The molecule has 0 aromatic carbocycles. The topological polar surface area (TPSA) is 53.4 Å². The molecule has 0 spiro atoms. The van der Waals surface area contributed by atoms with Crippen LogP contribution in [0.1, 0.15) is 27.2 Å². The Labute approximate surface area is 107 Å². The third-order valence-electron chi connectivity index (χ3n) is 2.33. The highest BCUT2D eigenvalue weighted by Crippen LogP contribution is 2.11. The van der Waals surface area contributed by atoms with E-state index in [4.69, 9.17) is 4.74 Å². The van der Waals surface area contributed by atoms with E-state index >= 15 is 0 Å². The number of ether oxygens (including phenoxy) is 2. The van der Waals surface area contributed by atoms with E-state index in [9.17, 15) is 4.79 Å². The van der Waals surface area contributed by atoms with Gasteiger partial charge in [-0.3, -0.25) is 4.68 Å². The summed E-state index contributed by atoms with van der Waals surface area (Å²) in [6, 6.07) is 0. The van der Waals surface area contributed by atoms with Gasteiger partial charge in [0.25, 0.3) is 0 Å². The summed E-state index contributed by atoms with van der Waals surface area (Å²) in [5.74, 6) is 0.442. The predicted molar refractivity (Wildman–Crippen MR) is 68.4 cm³/mol. The maximum atomic E-state index is 11.4. The van der Waals surface area contributed by atoms with Crippen LogP contribution in [-0.2, 0) is 16.1 Å². The molecule has 0 saturated carbocycles. The molecule has 0 atom stereocenters. The number of hydrogen-bond donors (Lipinski definition) is 0. The van der Waals surface area contributed by atoms with Crippen molar-refractivity contribution in [2.24, 2.45) is 0 Å². The molecule has 18 heavy (non-hydrogen) atoms. The molecule has 5 heteroatoms. The minimum Gasteiger partial charge on any atom is -0.488 e. The summed E-state index contributed by atoms with van der Waals surface area (Å²) < 4.78 is 11.9. The molecule has 0 bridgehead atoms. The van der Waals surface area contributed by atoms with Crippen molar-refractivity contribution in [1.82, 2.24) is 9.78 Å². The lowest BCUT2D eigenvalue weighted by Crippen LogP contribution is -2.06. The van der Waals surface area contributed by atoms with Gasteiger partial charge >= 0.3 is 5.97 Å². The molecule has 0 aliphatic heterocycles. The molecule has 0 N–H and O–H groups in total. The van der Waals surface area contributed by atoms with Crippen molar-refractivity contribution >= 4 is 5.97 Å². The molecule has 0 fully saturated rings. The van der Waals surface area contributed by atoms with Gasteiger partial charge in [-0.15, -0.1) is 0 Å². The quantitative estimate of drug-likeness (QED) is 0.575. The summed E-state index contributed by atoms with van der Waals surface area (Å²) in [7, 11) is 1.38. The Morgan fingerprint density at radius 3 is 2.83 bits per heavy atom. The van der Waals surface area contributed by atoms with Crippen LogP contribution < -0.4 is 4.74 Å². The van der Waals surface area contributed by atoms with E-state index in [0.29, 0.717) is 18.5 Å². The fourth-order valence-corrected chi connectivity index (χ4v) is 1.48. The Balaban J connectivity index is 2.64. The van der Waals surface area contributed by atoms with Gasteiger partial charge in [-0.05, 0) is 20.3 Å². The standard InChI is InChI=1S/C13H20N2O3/c1-5-11(13(16)17-4)6-7-15-9-12(8-14-15)18-10(2)3/h6,8-10H,5,7H2,1-4H3/b11-6-. The average Bonchev–Trinajstić information content (AvgIpc) is 2.76. The monoisotopic (exact) mass is 252 g/mol. The number of carbonyl (C=O) groups excluding carboxylic acids is 1. The second-order valence-electron chi connectivity index (χ2n) is 4.14. The van der Waals surface area contributed by atoms with Crippen molar-refractivity contribution in [3.63, 3.8) is 0 Å². The fourth-order valence-electron chi connectivity index (χ4n) is 1.48. The zero-order valence-corrected chi connectivity index (χ0v) is 11.3. The van der Waals surface area contributed by atoms with Gasteiger partial charge in [-0.2, -0.15) is 5.10 Å². The van der Waals surface area contributed by atoms with Crippen LogP contribution in [0.25, 0.3) is 0 Å². The van der Waals surface area contributed by atoms with E-state index in [0.717, 1.165) is 5.75 Å². The first-order chi connectivity index (χ1) is 8.56. The molecule has 1 aromatic rings. The van der Waals surface area contributed by atoms with Crippen molar-refractivity contribution in [1.29, 1.82) is 0 Å². The molecule has 100 valence electrons. The highest BCUT2D eigenvalue weighted by Gasteiger charge is 2.07. The number of carbonyl (C=O) groups is 1. The minimum absolute atomic E-state index is 0.125. The largest absolute Gasteiger partial charge is 0.488 e. The van der Waals surface area contributed by atoms with Gasteiger partial charge in [0.1, 0.15) is 0 Å². The lowest BCUT2D eigenvalue weighted by Gasteiger charge is -2.05. The van der Waals surface area contributed by atoms with Crippen molar-refractivity contribution in [2.45, 2.75) is 39.8 Å². The van der Waals surface area contributed by atoms with Crippen molar-refractivity contribution in [3.8, 4) is 5.75 Å². The smallest absolute Gasteiger partial charge is 0.333 e. The number of nitrogens with zero attached hydrogens (tertiary/aromatic N) is 2. The Kier molecular flexibility index (Phi) is 5.42. The number of rotatable bonds is 6. The first-order valence-corrected chi connectivity index (χ1v) is 6.03. The molecule has 0 amide bonds. The van der Waals surface area contributed by atoms with Crippen LogP contribution in [0.2, 0.25) is 0 Å². The summed E-state index contributed by atoms with van der Waals surface area (Å²) in [4.78, 5) is 11.4. The second-order valence-corrected chi connectivity index (χ2v) is 4.14. The maximum absolute atomic E-state index is 11.4. The summed E-state index contributed by atoms with van der Waals surface area (Å²) in [6.07, 6.45) is 6.06. The number of allylic oxidation sites excluding steroid dienone is 1. The molecule has 0 unspecified atom stereocenters. The lowest BCUT2D eigenvalue weighted by atomic mass is 10.2. The number of methoxy groups -OCH3 is 1. The van der Waals surface area contributed by atoms with Gasteiger partial charge in [-0.25, -0.2) is 4.79 Å². The first-order valence-electron chi connectivity index (χ1n) is 6.03. The van der Waals surface area contributed by atoms with E-state index in [2.05, 4.69) is 9.84 Å². The Morgan fingerprint density at radius 1 is 1.56 bits per heavy atom. The van der Waals surface area contributed by atoms with Crippen LogP contribution in [0.5, 0.6) is 5.75 Å². The lowest BCUT2D eigenvalue weighted by molar-refractivity contribution is -0.136. The number of aromatic nitrogens is 2. The second kappa shape index (κ2) is 6.83. The van der Waals surface area contributed by atoms with E-state index in [1.54, 1.807) is 17.1 Å². The van der Waals surface area contributed by atoms with Crippen LogP contribution >= 0.6 is 0 Å². The summed E-state index contributed by atoms with van der Waals surface area (Å²) in [5.41, 5.74) is 0.652. The molecule has 0 radical (unpaired) electrons. The highest BCUT2D eigenvalue weighted by molar-refractivity contribution is 5.88. The molecule has 1 heterocycles. The third kappa shape index (κ3) is 4.24. The Bertz CT molecular complexity index is 422. The van der Waals surface area contributed by atoms with E-state index in [1.807, 2.05) is 26.8 Å². The molecule has 1 rings (SSSR count). The van der Waals surface area contributed by atoms with Crippen LogP contribution in [-0.4, -0.2) is 29.0 Å². The van der Waals surface area contributed by atoms with E-state index < -0.39 is 0 Å². The van der Waals surface area contributed by atoms with Crippen LogP contribution in [0.4, 0.5) is 0 Å². The van der Waals surface area contributed by atoms with Crippen LogP contribution in [0.15, 0.2) is 24.0 Å². The third-order valence-corrected chi connectivity index (χ3v) is 2.33. The minimum atomic E-state index is -0.289. The van der Waals surface area contributed by atoms with Crippen molar-refractivity contribution in [2.75, 3.05) is 7.11 Å². The van der Waals surface area contributed by atoms with Gasteiger partial charge in [0.15, 0.2) is 5.75 Å². The van der Waals surface area contributed by atoms with Crippen LogP contribution in [0.3, 0.4) is 0 Å². The van der Waals surface area contributed by atoms with Gasteiger partial charge in [0.2, 0.25) is 0 Å². The number of hydrogen-bond acceptors (Lipinski definition) is 4. The fraction of sp³-hybridized carbons (Fsp3) is 0.538. The predicted octanol–water partition coefficient (Wildman–Crippen LogP) is 2.18. The van der Waals surface area contributed by atoms with Gasteiger partial charge < -0.3 is 9.47 Å². The van der Waals surface area contributed by atoms with E-state index in [1.165, 1.54) is 7.11 Å². The van der Waals surface area contributed by atoms with Crippen LogP contribution in [0, 0.1) is 0 Å². The van der Waals surface area contributed by atoms with Crippen molar-refractivity contribution < 1.29 is 14.3 Å². The average molecular weight is 252 g/mol. The zero-order chi connectivity index (χ0) is 13.5. The number of esters is 1. The summed E-state index contributed by atoms with van der Waals surface area (Å²) in [5, 5.41) is 4.16. The Morgan fingerprint density at radius 2 is 2.28 bits per heavy atom. The molecule has 0 saturated heterocycles. The molecule has 5 nitrogen and oxygen atoms in total. The maximum Gasteiger partial charge on any atom is 0.333 e. The SMILES string of the molecule is CC/C(=C/Cn1cc(OC(C)C)cn1)C(=O)OC. The first kappa shape index (κ1) is 14.3. The Hall–Kier alpha value is -1.78. The molecule has 0 aliphatic rings. The summed E-state index contributed by atoms with van der Waals surface area (Å²) in [6.45, 7) is 6.37. The molecule has 1 aromatic heterocycles. The summed E-state index contributed by atoms with van der Waals surface area (Å²) >= 11 is 0. The van der Waals surface area contributed by atoms with Gasteiger partial charge in [-0.1, -0.05) is 13.0 Å². The van der Waals surface area contributed by atoms with Crippen molar-refractivity contribution in [3.05, 3.63) is 24.0 Å². The van der Waals surface area contributed by atoms with E-state index in [-0.39, 0.29) is 12.1 Å².